The molecule has 20 heavy (non-hydrogen) atoms. The van der Waals surface area contributed by atoms with Crippen LogP contribution in [0.25, 0.3) is 0 Å². The van der Waals surface area contributed by atoms with Crippen molar-refractivity contribution in [2.45, 2.75) is 77.2 Å². The summed E-state index contributed by atoms with van der Waals surface area (Å²) in [7, 11) is 1.24. The second-order valence-corrected chi connectivity index (χ2v) is 5.05. The molecule has 4 nitrogen and oxygen atoms in total. The van der Waals surface area contributed by atoms with Gasteiger partial charge in [0.15, 0.2) is 11.8 Å². The van der Waals surface area contributed by atoms with Gasteiger partial charge in [-0.1, -0.05) is 58.3 Å². The van der Waals surface area contributed by atoms with Gasteiger partial charge < -0.3 is 11.9 Å². The van der Waals surface area contributed by atoms with E-state index in [2.05, 4.69) is 11.7 Å². The SMILES string of the molecule is CCCCCCCCCCCC(=O)C(N)C(=O)OC.[H-].[Na+]. The van der Waals surface area contributed by atoms with Gasteiger partial charge in [-0.05, 0) is 6.42 Å². The molecular formula is C15H30NNaO3. The molecule has 0 aromatic rings. The minimum Gasteiger partial charge on any atom is -1.00 e. The van der Waals surface area contributed by atoms with Crippen LogP contribution >= 0.6 is 0 Å². The van der Waals surface area contributed by atoms with E-state index in [-0.39, 0.29) is 36.8 Å². The molecule has 0 rings (SSSR count). The molecule has 0 aliphatic carbocycles. The third-order valence-corrected chi connectivity index (χ3v) is 3.33. The third kappa shape index (κ3) is 11.9. The fraction of sp³-hybridized carbons (Fsp3) is 0.867. The van der Waals surface area contributed by atoms with E-state index < -0.39 is 12.0 Å². The molecule has 1 atom stereocenters. The van der Waals surface area contributed by atoms with Gasteiger partial charge in [0, 0.05) is 6.42 Å². The van der Waals surface area contributed by atoms with E-state index in [4.69, 9.17) is 5.73 Å². The first-order chi connectivity index (χ1) is 9.13. The second kappa shape index (κ2) is 15.5. The first-order valence-electron chi connectivity index (χ1n) is 7.49. The van der Waals surface area contributed by atoms with E-state index in [0.717, 1.165) is 19.3 Å². The average molecular weight is 295 g/mol. The Labute approximate surface area is 147 Å². The van der Waals surface area contributed by atoms with Crippen LogP contribution < -0.4 is 35.3 Å². The van der Waals surface area contributed by atoms with E-state index in [9.17, 15) is 9.59 Å². The third-order valence-electron chi connectivity index (χ3n) is 3.33. The number of esters is 1. The van der Waals surface area contributed by atoms with Gasteiger partial charge in [-0.15, -0.1) is 0 Å². The summed E-state index contributed by atoms with van der Waals surface area (Å²) in [6, 6.07) is -1.10. The van der Waals surface area contributed by atoms with Crippen molar-refractivity contribution >= 4 is 11.8 Å². The van der Waals surface area contributed by atoms with Gasteiger partial charge >= 0.3 is 35.5 Å². The molecule has 0 bridgehead atoms. The Morgan fingerprint density at radius 3 is 1.90 bits per heavy atom. The van der Waals surface area contributed by atoms with Crippen molar-refractivity contribution in [2.24, 2.45) is 5.73 Å². The molecule has 0 amide bonds. The van der Waals surface area contributed by atoms with Gasteiger partial charge in [-0.25, -0.2) is 4.79 Å². The van der Waals surface area contributed by atoms with E-state index in [1.807, 2.05) is 0 Å². The van der Waals surface area contributed by atoms with Gasteiger partial charge in [0.2, 0.25) is 0 Å². The summed E-state index contributed by atoms with van der Waals surface area (Å²) in [5.41, 5.74) is 5.46. The van der Waals surface area contributed by atoms with Gasteiger partial charge in [-0.3, -0.25) is 4.79 Å². The quantitative estimate of drug-likeness (QED) is 0.240. The smallest absolute Gasteiger partial charge is 1.00 e. The van der Waals surface area contributed by atoms with Crippen LogP contribution in [0.5, 0.6) is 0 Å². The molecule has 0 aliphatic rings. The van der Waals surface area contributed by atoms with E-state index in [1.54, 1.807) is 0 Å². The van der Waals surface area contributed by atoms with Crippen LogP contribution in [-0.4, -0.2) is 24.9 Å². The number of rotatable bonds is 12. The summed E-state index contributed by atoms with van der Waals surface area (Å²) < 4.78 is 4.44. The Morgan fingerprint density at radius 2 is 1.45 bits per heavy atom. The van der Waals surface area contributed by atoms with Crippen LogP contribution in [0.15, 0.2) is 0 Å². The fourth-order valence-electron chi connectivity index (χ4n) is 2.02. The number of unbranched alkanes of at least 4 members (excludes halogenated alkanes) is 8. The standard InChI is InChI=1S/C15H29NO3.Na.H/c1-3-4-5-6-7-8-9-10-11-12-13(17)14(16)15(18)19-2;;/h14H,3-12,16H2,1-2H3;;/q;+1;-1. The number of carbonyl (C=O) groups excluding carboxylic acids is 2. The monoisotopic (exact) mass is 295 g/mol. The number of hydrogen-bond donors (Lipinski definition) is 1. The Hall–Kier alpha value is 0.100. The van der Waals surface area contributed by atoms with Crippen LogP contribution in [0.1, 0.15) is 72.6 Å². The summed E-state index contributed by atoms with van der Waals surface area (Å²) in [6.07, 6.45) is 11.2. The molecule has 0 aromatic heterocycles. The van der Waals surface area contributed by atoms with Crippen LogP contribution in [0, 0.1) is 0 Å². The number of methoxy groups -OCH3 is 1. The Balaban J connectivity index is -0.00000162. The van der Waals surface area contributed by atoms with Crippen LogP contribution in [-0.2, 0) is 14.3 Å². The minimum atomic E-state index is -1.10. The van der Waals surface area contributed by atoms with Gasteiger partial charge in [0.05, 0.1) is 7.11 Å². The molecule has 0 saturated heterocycles. The summed E-state index contributed by atoms with van der Waals surface area (Å²) in [6.45, 7) is 2.22. The summed E-state index contributed by atoms with van der Waals surface area (Å²) in [4.78, 5) is 22.6. The zero-order valence-corrected chi connectivity index (χ0v) is 15.5. The Morgan fingerprint density at radius 1 is 1.00 bits per heavy atom. The molecule has 5 heteroatoms. The Bertz CT molecular complexity index is 265. The number of nitrogens with two attached hydrogens (primary N) is 1. The predicted octanol–water partition coefficient (Wildman–Crippen LogP) is 0.0932. The van der Waals surface area contributed by atoms with Crippen molar-refractivity contribution in [1.29, 1.82) is 0 Å². The van der Waals surface area contributed by atoms with Crippen molar-refractivity contribution in [3.63, 3.8) is 0 Å². The number of Topliss-reactive ketones (excluding diaryl/α,β-unsaturated/α-hetero) is 1. The van der Waals surface area contributed by atoms with E-state index >= 15 is 0 Å². The van der Waals surface area contributed by atoms with Crippen molar-refractivity contribution < 1.29 is 45.3 Å². The molecule has 0 heterocycles. The molecule has 0 saturated carbocycles. The largest absolute Gasteiger partial charge is 1.00 e. The minimum absolute atomic E-state index is 0. The van der Waals surface area contributed by atoms with Crippen molar-refractivity contribution in [3.8, 4) is 0 Å². The fourth-order valence-corrected chi connectivity index (χ4v) is 2.02. The number of ether oxygens (including phenoxy) is 1. The molecule has 2 N–H and O–H groups in total. The van der Waals surface area contributed by atoms with Gasteiger partial charge in [0.25, 0.3) is 0 Å². The molecule has 0 fully saturated rings. The topological polar surface area (TPSA) is 69.4 Å². The van der Waals surface area contributed by atoms with Crippen LogP contribution in [0.4, 0.5) is 0 Å². The average Bonchev–Trinajstić information content (AvgIpc) is 2.43. The number of ketones is 1. The molecule has 1 unspecified atom stereocenters. The molecular weight excluding hydrogens is 265 g/mol. The van der Waals surface area contributed by atoms with Crippen molar-refractivity contribution in [3.05, 3.63) is 0 Å². The summed E-state index contributed by atoms with van der Waals surface area (Å²) in [5.74, 6) is -0.851. The zero-order chi connectivity index (χ0) is 14.5. The summed E-state index contributed by atoms with van der Waals surface area (Å²) in [5, 5.41) is 0. The normalized spacial score (nSPS) is 11.6. The van der Waals surface area contributed by atoms with Gasteiger partial charge in [-0.2, -0.15) is 0 Å². The maximum absolute atomic E-state index is 11.5. The number of hydrogen-bond acceptors (Lipinski definition) is 4. The molecule has 0 spiro atoms. The zero-order valence-electron chi connectivity index (χ0n) is 14.5. The van der Waals surface area contributed by atoms with Gasteiger partial charge in [0.1, 0.15) is 0 Å². The maximum Gasteiger partial charge on any atom is 1.00 e. The van der Waals surface area contributed by atoms with Crippen molar-refractivity contribution in [1.82, 2.24) is 0 Å². The number of carbonyl (C=O) groups is 2. The summed E-state index contributed by atoms with van der Waals surface area (Å²) >= 11 is 0. The molecule has 114 valence electrons. The first kappa shape index (κ1) is 22.4. The molecule has 0 radical (unpaired) electrons. The molecule has 0 aliphatic heterocycles. The Kier molecular flexibility index (Phi) is 17.3. The van der Waals surface area contributed by atoms with Crippen molar-refractivity contribution in [2.75, 3.05) is 7.11 Å². The second-order valence-electron chi connectivity index (χ2n) is 5.05. The molecule has 0 aromatic carbocycles. The van der Waals surface area contributed by atoms with Crippen LogP contribution in [0.2, 0.25) is 0 Å². The van der Waals surface area contributed by atoms with E-state index in [0.29, 0.717) is 6.42 Å². The first-order valence-corrected chi connectivity index (χ1v) is 7.49. The van der Waals surface area contributed by atoms with Crippen LogP contribution in [0.3, 0.4) is 0 Å². The maximum atomic E-state index is 11.5. The predicted molar refractivity (Wildman–Crippen MR) is 78.0 cm³/mol. The van der Waals surface area contributed by atoms with E-state index in [1.165, 1.54) is 45.6 Å².